The summed E-state index contributed by atoms with van der Waals surface area (Å²) in [6, 6.07) is 14.4. The Labute approximate surface area is 151 Å². The van der Waals surface area contributed by atoms with Crippen LogP contribution in [0.2, 0.25) is 0 Å². The average molecular weight is 357 g/mol. The molecule has 0 aliphatic heterocycles. The quantitative estimate of drug-likeness (QED) is 0.576. The predicted octanol–water partition coefficient (Wildman–Crippen LogP) is 2.02. The molecule has 2 aromatic rings. The van der Waals surface area contributed by atoms with Gasteiger partial charge in [-0.15, -0.1) is 0 Å². The molecule has 2 aromatic carbocycles. The van der Waals surface area contributed by atoms with Crippen LogP contribution in [0.1, 0.15) is 21.5 Å². The highest BCUT2D eigenvalue weighted by Crippen LogP contribution is 2.15. The molecule has 7 heteroatoms. The lowest BCUT2D eigenvalue weighted by molar-refractivity contribution is -0.121. The number of rotatable bonds is 4. The van der Waals surface area contributed by atoms with E-state index in [-0.39, 0.29) is 17.6 Å². The van der Waals surface area contributed by atoms with Crippen LogP contribution < -0.4 is 20.9 Å². The maximum absolute atomic E-state index is 11.9. The summed E-state index contributed by atoms with van der Waals surface area (Å²) in [6.07, 6.45) is 0. The lowest BCUT2D eigenvalue weighted by Gasteiger charge is -2.12. The third-order valence-electron chi connectivity index (χ3n) is 3.31. The Morgan fingerprint density at radius 3 is 2.36 bits per heavy atom. The van der Waals surface area contributed by atoms with Crippen LogP contribution in [-0.4, -0.2) is 23.5 Å². The highest BCUT2D eigenvalue weighted by molar-refractivity contribution is 7.80. The maximum atomic E-state index is 11.9. The van der Waals surface area contributed by atoms with Gasteiger partial charge < -0.3 is 4.74 Å². The number of aryl methyl sites for hydroxylation is 2. The zero-order valence-electron chi connectivity index (χ0n) is 14.0. The van der Waals surface area contributed by atoms with Gasteiger partial charge in [-0.3, -0.25) is 25.8 Å². The first-order valence-corrected chi connectivity index (χ1v) is 8.02. The van der Waals surface area contributed by atoms with Gasteiger partial charge in [0.25, 0.3) is 11.8 Å². The van der Waals surface area contributed by atoms with E-state index in [2.05, 4.69) is 16.2 Å². The zero-order valence-corrected chi connectivity index (χ0v) is 14.8. The molecule has 0 saturated carbocycles. The van der Waals surface area contributed by atoms with Crippen molar-refractivity contribution in [3.8, 4) is 5.75 Å². The van der Waals surface area contributed by atoms with Crippen molar-refractivity contribution in [2.45, 2.75) is 13.8 Å². The summed E-state index contributed by atoms with van der Waals surface area (Å²) in [5, 5.41) is 2.41. The second-order valence-corrected chi connectivity index (χ2v) is 5.78. The van der Waals surface area contributed by atoms with Crippen molar-refractivity contribution >= 4 is 29.1 Å². The molecule has 0 spiro atoms. The molecule has 0 bridgehead atoms. The highest BCUT2D eigenvalue weighted by atomic mass is 32.1. The largest absolute Gasteiger partial charge is 0.483 e. The Morgan fingerprint density at radius 1 is 1.00 bits per heavy atom. The molecule has 0 aromatic heterocycles. The van der Waals surface area contributed by atoms with Gasteiger partial charge in [0, 0.05) is 5.56 Å². The van der Waals surface area contributed by atoms with E-state index in [1.807, 2.05) is 44.2 Å². The smallest absolute Gasteiger partial charge is 0.269 e. The van der Waals surface area contributed by atoms with E-state index >= 15 is 0 Å². The molecule has 0 unspecified atom stereocenters. The number of nitrogens with one attached hydrogen (secondary N) is 3. The number of hydrazine groups is 1. The van der Waals surface area contributed by atoms with Gasteiger partial charge in [-0.05, 0) is 49.8 Å². The van der Waals surface area contributed by atoms with E-state index in [0.717, 1.165) is 11.1 Å². The second kappa shape index (κ2) is 8.79. The molecule has 6 nitrogen and oxygen atoms in total. The summed E-state index contributed by atoms with van der Waals surface area (Å²) in [5.74, 6) is -0.151. The second-order valence-electron chi connectivity index (χ2n) is 5.38. The fourth-order valence-corrected chi connectivity index (χ4v) is 2.11. The van der Waals surface area contributed by atoms with E-state index < -0.39 is 5.91 Å². The fraction of sp³-hybridized carbons (Fsp3) is 0.167. The van der Waals surface area contributed by atoms with Crippen LogP contribution in [-0.2, 0) is 4.79 Å². The summed E-state index contributed by atoms with van der Waals surface area (Å²) < 4.78 is 5.42. The Bertz CT molecular complexity index is 775. The van der Waals surface area contributed by atoms with Crippen molar-refractivity contribution in [2.24, 2.45) is 0 Å². The molecule has 0 atom stereocenters. The van der Waals surface area contributed by atoms with E-state index in [1.165, 1.54) is 0 Å². The summed E-state index contributed by atoms with van der Waals surface area (Å²) >= 11 is 4.96. The SMILES string of the molecule is Cc1ccc(C(=O)NNC(=S)NC(=O)COc2ccccc2C)cc1. The first kappa shape index (κ1) is 18.4. The van der Waals surface area contributed by atoms with Gasteiger partial charge in [0.1, 0.15) is 5.75 Å². The normalized spacial score (nSPS) is 9.84. The topological polar surface area (TPSA) is 79.5 Å². The van der Waals surface area contributed by atoms with Crippen LogP contribution in [0.5, 0.6) is 5.75 Å². The van der Waals surface area contributed by atoms with E-state index in [4.69, 9.17) is 17.0 Å². The molecule has 25 heavy (non-hydrogen) atoms. The maximum Gasteiger partial charge on any atom is 0.269 e. The van der Waals surface area contributed by atoms with Crippen molar-refractivity contribution in [1.29, 1.82) is 0 Å². The molecule has 130 valence electrons. The fourth-order valence-electron chi connectivity index (χ4n) is 1.95. The lowest BCUT2D eigenvalue weighted by atomic mass is 10.1. The predicted molar refractivity (Wildman–Crippen MR) is 99.2 cm³/mol. The van der Waals surface area contributed by atoms with Gasteiger partial charge in [0.2, 0.25) is 0 Å². The Balaban J connectivity index is 1.74. The number of ether oxygens (including phenoxy) is 1. The Kier molecular flexibility index (Phi) is 6.47. The summed E-state index contributed by atoms with van der Waals surface area (Å²) in [4.78, 5) is 23.7. The molecule has 0 heterocycles. The van der Waals surface area contributed by atoms with Gasteiger partial charge in [0.15, 0.2) is 11.7 Å². The first-order chi connectivity index (χ1) is 12.0. The Hall–Kier alpha value is -2.93. The average Bonchev–Trinajstić information content (AvgIpc) is 2.59. The van der Waals surface area contributed by atoms with Gasteiger partial charge in [-0.25, -0.2) is 0 Å². The zero-order chi connectivity index (χ0) is 18.2. The minimum Gasteiger partial charge on any atom is -0.483 e. The summed E-state index contributed by atoms with van der Waals surface area (Å²) in [7, 11) is 0. The van der Waals surface area contributed by atoms with E-state index in [0.29, 0.717) is 11.3 Å². The van der Waals surface area contributed by atoms with Gasteiger partial charge in [-0.2, -0.15) is 0 Å². The molecular formula is C18H19N3O3S. The molecule has 0 saturated heterocycles. The van der Waals surface area contributed by atoms with Crippen LogP contribution >= 0.6 is 12.2 Å². The molecule has 2 rings (SSSR count). The minimum absolute atomic E-state index is 0.0150. The van der Waals surface area contributed by atoms with Crippen molar-refractivity contribution in [2.75, 3.05) is 6.61 Å². The minimum atomic E-state index is -0.426. The molecular weight excluding hydrogens is 338 g/mol. The van der Waals surface area contributed by atoms with Crippen LogP contribution in [0, 0.1) is 13.8 Å². The number of benzene rings is 2. The van der Waals surface area contributed by atoms with E-state index in [1.54, 1.807) is 18.2 Å². The van der Waals surface area contributed by atoms with Crippen LogP contribution in [0.4, 0.5) is 0 Å². The highest BCUT2D eigenvalue weighted by Gasteiger charge is 2.09. The number of hydrogen-bond donors (Lipinski definition) is 3. The Morgan fingerprint density at radius 2 is 1.68 bits per heavy atom. The molecule has 2 amide bonds. The molecule has 3 N–H and O–H groups in total. The van der Waals surface area contributed by atoms with Gasteiger partial charge in [0.05, 0.1) is 0 Å². The number of carbonyl (C=O) groups is 2. The van der Waals surface area contributed by atoms with Crippen molar-refractivity contribution in [3.63, 3.8) is 0 Å². The molecule has 0 radical (unpaired) electrons. The number of thiocarbonyl (C=S) groups is 1. The number of hydrogen-bond acceptors (Lipinski definition) is 4. The van der Waals surface area contributed by atoms with Gasteiger partial charge >= 0.3 is 0 Å². The molecule has 0 fully saturated rings. The third-order valence-corrected chi connectivity index (χ3v) is 3.51. The number of carbonyl (C=O) groups excluding carboxylic acids is 2. The standard InChI is InChI=1S/C18H19N3O3S/c1-12-7-9-14(10-8-12)17(23)20-21-18(25)19-16(22)11-24-15-6-4-3-5-13(15)2/h3-10H,11H2,1-2H3,(H,20,23)(H2,19,21,22,25). The van der Waals surface area contributed by atoms with Gasteiger partial charge in [-0.1, -0.05) is 35.9 Å². The summed E-state index contributed by atoms with van der Waals surface area (Å²) in [5.41, 5.74) is 7.37. The van der Waals surface area contributed by atoms with Crippen LogP contribution in [0.25, 0.3) is 0 Å². The van der Waals surface area contributed by atoms with Crippen molar-refractivity contribution in [3.05, 3.63) is 65.2 Å². The van der Waals surface area contributed by atoms with Crippen molar-refractivity contribution in [1.82, 2.24) is 16.2 Å². The van der Waals surface area contributed by atoms with E-state index in [9.17, 15) is 9.59 Å². The lowest BCUT2D eigenvalue weighted by Crippen LogP contribution is -2.49. The molecule has 0 aliphatic carbocycles. The monoisotopic (exact) mass is 357 g/mol. The number of para-hydroxylation sites is 1. The summed E-state index contributed by atoms with van der Waals surface area (Å²) in [6.45, 7) is 3.64. The number of amides is 2. The van der Waals surface area contributed by atoms with Crippen LogP contribution in [0.3, 0.4) is 0 Å². The third kappa shape index (κ3) is 5.89. The molecule has 0 aliphatic rings. The van der Waals surface area contributed by atoms with Crippen LogP contribution in [0.15, 0.2) is 48.5 Å². The first-order valence-electron chi connectivity index (χ1n) is 7.61. The van der Waals surface area contributed by atoms with Crippen molar-refractivity contribution < 1.29 is 14.3 Å².